The number of rotatable bonds is 3. The molecule has 0 aliphatic carbocycles. The number of nitrogen functional groups attached to an aromatic ring is 1. The van der Waals surface area contributed by atoms with Gasteiger partial charge in [-0.1, -0.05) is 11.6 Å². The Balaban J connectivity index is 2.21. The van der Waals surface area contributed by atoms with Gasteiger partial charge in [-0.25, -0.2) is 15.2 Å². The van der Waals surface area contributed by atoms with Crippen molar-refractivity contribution in [2.75, 3.05) is 10.7 Å². The SMILES string of the molecule is NNc1ncc(C(=O)Nc2ccncc2F)cc1Cl. The van der Waals surface area contributed by atoms with E-state index in [9.17, 15) is 9.18 Å². The number of carbonyl (C=O) groups excluding carboxylic acids is 1. The number of hydrogen-bond donors (Lipinski definition) is 3. The van der Waals surface area contributed by atoms with Crippen LogP contribution >= 0.6 is 11.6 Å². The van der Waals surface area contributed by atoms with Crippen LogP contribution in [0.2, 0.25) is 5.02 Å². The van der Waals surface area contributed by atoms with Crippen molar-refractivity contribution in [1.29, 1.82) is 0 Å². The Hall–Kier alpha value is -2.25. The highest BCUT2D eigenvalue weighted by atomic mass is 35.5. The lowest BCUT2D eigenvalue weighted by molar-refractivity contribution is 0.102. The average Bonchev–Trinajstić information content (AvgIpc) is 2.41. The zero-order chi connectivity index (χ0) is 13.8. The van der Waals surface area contributed by atoms with Crippen LogP contribution in [0.5, 0.6) is 0 Å². The average molecular weight is 282 g/mol. The van der Waals surface area contributed by atoms with Crippen LogP contribution in [0.4, 0.5) is 15.9 Å². The predicted molar refractivity (Wildman–Crippen MR) is 69.2 cm³/mol. The third-order valence-electron chi connectivity index (χ3n) is 2.26. The Kier molecular flexibility index (Phi) is 3.88. The first-order valence-corrected chi connectivity index (χ1v) is 5.52. The zero-order valence-corrected chi connectivity index (χ0v) is 10.3. The van der Waals surface area contributed by atoms with Gasteiger partial charge in [0.15, 0.2) is 11.6 Å². The van der Waals surface area contributed by atoms with E-state index in [0.29, 0.717) is 0 Å². The van der Waals surface area contributed by atoms with Crippen molar-refractivity contribution in [1.82, 2.24) is 9.97 Å². The highest BCUT2D eigenvalue weighted by Crippen LogP contribution is 2.20. The van der Waals surface area contributed by atoms with E-state index in [1.807, 2.05) is 0 Å². The topological polar surface area (TPSA) is 92.9 Å². The molecule has 19 heavy (non-hydrogen) atoms. The van der Waals surface area contributed by atoms with Gasteiger partial charge >= 0.3 is 0 Å². The van der Waals surface area contributed by atoms with E-state index in [1.54, 1.807) is 0 Å². The number of aromatic nitrogens is 2. The van der Waals surface area contributed by atoms with Gasteiger partial charge in [-0.2, -0.15) is 0 Å². The molecule has 8 heteroatoms. The molecular formula is C11H9ClFN5O. The van der Waals surface area contributed by atoms with Crippen LogP contribution in [-0.2, 0) is 0 Å². The molecule has 0 saturated carbocycles. The van der Waals surface area contributed by atoms with E-state index >= 15 is 0 Å². The number of halogens is 2. The van der Waals surface area contributed by atoms with Crippen LogP contribution in [0.3, 0.4) is 0 Å². The summed E-state index contributed by atoms with van der Waals surface area (Å²) in [7, 11) is 0. The molecule has 2 rings (SSSR count). The number of hydrogen-bond acceptors (Lipinski definition) is 5. The van der Waals surface area contributed by atoms with E-state index in [1.165, 1.54) is 24.5 Å². The van der Waals surface area contributed by atoms with Crippen molar-refractivity contribution >= 4 is 29.0 Å². The quantitative estimate of drug-likeness (QED) is 0.589. The third kappa shape index (κ3) is 2.95. The minimum absolute atomic E-state index is 0.0251. The first-order chi connectivity index (χ1) is 9.11. The molecule has 0 aliphatic rings. The zero-order valence-electron chi connectivity index (χ0n) is 9.52. The lowest BCUT2D eigenvalue weighted by Gasteiger charge is -2.07. The fraction of sp³-hybridized carbons (Fsp3) is 0. The lowest BCUT2D eigenvalue weighted by atomic mass is 10.2. The van der Waals surface area contributed by atoms with Crippen LogP contribution in [0.25, 0.3) is 0 Å². The molecule has 98 valence electrons. The van der Waals surface area contributed by atoms with Crippen LogP contribution in [-0.4, -0.2) is 15.9 Å². The van der Waals surface area contributed by atoms with Crippen molar-refractivity contribution in [2.24, 2.45) is 5.84 Å². The summed E-state index contributed by atoms with van der Waals surface area (Å²) in [6, 6.07) is 2.72. The highest BCUT2D eigenvalue weighted by Gasteiger charge is 2.11. The number of carbonyl (C=O) groups is 1. The van der Waals surface area contributed by atoms with Crippen molar-refractivity contribution in [3.05, 3.63) is 47.1 Å². The van der Waals surface area contributed by atoms with Gasteiger partial charge in [-0.15, -0.1) is 0 Å². The molecule has 4 N–H and O–H groups in total. The molecule has 0 aliphatic heterocycles. The Bertz CT molecular complexity index is 622. The minimum atomic E-state index is -0.629. The summed E-state index contributed by atoms with van der Waals surface area (Å²) in [5, 5.41) is 2.57. The summed E-state index contributed by atoms with van der Waals surface area (Å²) in [5.74, 6) is 4.24. The molecule has 2 heterocycles. The molecule has 1 amide bonds. The summed E-state index contributed by atoms with van der Waals surface area (Å²) in [6.07, 6.45) is 3.64. The maximum Gasteiger partial charge on any atom is 0.257 e. The molecule has 0 unspecified atom stereocenters. The van der Waals surface area contributed by atoms with E-state index < -0.39 is 11.7 Å². The number of pyridine rings is 2. The lowest BCUT2D eigenvalue weighted by Crippen LogP contribution is -2.15. The molecular weight excluding hydrogens is 273 g/mol. The van der Waals surface area contributed by atoms with Crippen molar-refractivity contribution < 1.29 is 9.18 Å². The van der Waals surface area contributed by atoms with Gasteiger partial charge in [0, 0.05) is 12.4 Å². The maximum absolute atomic E-state index is 13.3. The van der Waals surface area contributed by atoms with Crippen molar-refractivity contribution in [3.8, 4) is 0 Å². The molecule has 2 aromatic heterocycles. The monoisotopic (exact) mass is 281 g/mol. The molecule has 0 aromatic carbocycles. The van der Waals surface area contributed by atoms with E-state index in [4.69, 9.17) is 17.4 Å². The highest BCUT2D eigenvalue weighted by molar-refractivity contribution is 6.33. The summed E-state index contributed by atoms with van der Waals surface area (Å²) >= 11 is 5.84. The summed E-state index contributed by atoms with van der Waals surface area (Å²) in [6.45, 7) is 0. The molecule has 2 aromatic rings. The Labute approximate surface area is 112 Å². The fourth-order valence-corrected chi connectivity index (χ4v) is 1.56. The van der Waals surface area contributed by atoms with E-state index in [-0.39, 0.29) is 22.1 Å². The van der Waals surface area contributed by atoms with Gasteiger partial charge in [0.05, 0.1) is 22.5 Å². The van der Waals surface area contributed by atoms with Gasteiger partial charge < -0.3 is 10.7 Å². The van der Waals surface area contributed by atoms with Gasteiger partial charge in [0.2, 0.25) is 0 Å². The van der Waals surface area contributed by atoms with Crippen LogP contribution in [0.15, 0.2) is 30.7 Å². The summed E-state index contributed by atoms with van der Waals surface area (Å²) < 4.78 is 13.3. The molecule has 0 radical (unpaired) electrons. The van der Waals surface area contributed by atoms with Gasteiger partial charge in [-0.05, 0) is 12.1 Å². The number of amides is 1. The second-order valence-electron chi connectivity index (χ2n) is 3.51. The van der Waals surface area contributed by atoms with Crippen molar-refractivity contribution in [3.63, 3.8) is 0 Å². The van der Waals surface area contributed by atoms with Crippen LogP contribution in [0.1, 0.15) is 10.4 Å². The largest absolute Gasteiger partial charge is 0.319 e. The number of anilines is 2. The molecule has 0 spiro atoms. The molecule has 0 saturated heterocycles. The minimum Gasteiger partial charge on any atom is -0.319 e. The van der Waals surface area contributed by atoms with E-state index in [2.05, 4.69) is 20.7 Å². The number of hydrazine groups is 1. The summed E-state index contributed by atoms with van der Waals surface area (Å²) in [5.41, 5.74) is 2.48. The summed E-state index contributed by atoms with van der Waals surface area (Å²) in [4.78, 5) is 19.3. The Morgan fingerprint density at radius 3 is 2.84 bits per heavy atom. The van der Waals surface area contributed by atoms with Gasteiger partial charge in [0.1, 0.15) is 0 Å². The second-order valence-corrected chi connectivity index (χ2v) is 3.92. The molecule has 0 fully saturated rings. The predicted octanol–water partition coefficient (Wildman–Crippen LogP) is 1.81. The second kappa shape index (κ2) is 5.59. The third-order valence-corrected chi connectivity index (χ3v) is 2.55. The van der Waals surface area contributed by atoms with Crippen LogP contribution < -0.4 is 16.6 Å². The Morgan fingerprint density at radius 1 is 1.42 bits per heavy atom. The normalized spacial score (nSPS) is 10.1. The van der Waals surface area contributed by atoms with Crippen LogP contribution in [0, 0.1) is 5.82 Å². The number of nitrogens with one attached hydrogen (secondary N) is 2. The standard InChI is InChI=1S/C11H9ClFN5O/c12-7-3-6(4-16-10(7)18-14)11(19)17-9-1-2-15-5-8(9)13/h1-5H,14H2,(H,16,18)(H,15,17,19). The van der Waals surface area contributed by atoms with Crippen molar-refractivity contribution in [2.45, 2.75) is 0 Å². The fourth-order valence-electron chi connectivity index (χ4n) is 1.34. The van der Waals surface area contributed by atoms with E-state index in [0.717, 1.165) is 6.20 Å². The Morgan fingerprint density at radius 2 is 2.21 bits per heavy atom. The van der Waals surface area contributed by atoms with Gasteiger partial charge in [-0.3, -0.25) is 9.78 Å². The first-order valence-electron chi connectivity index (χ1n) is 5.15. The molecule has 0 atom stereocenters. The molecule has 6 nitrogen and oxygen atoms in total. The maximum atomic E-state index is 13.3. The molecule has 0 bridgehead atoms. The number of nitrogens with two attached hydrogens (primary N) is 1. The van der Waals surface area contributed by atoms with Gasteiger partial charge in [0.25, 0.3) is 5.91 Å². The number of nitrogens with zero attached hydrogens (tertiary/aromatic N) is 2. The first kappa shape index (κ1) is 13.2. The smallest absolute Gasteiger partial charge is 0.257 e.